The fraction of sp³-hybridized carbons (Fsp3) is 0.238. The predicted molar refractivity (Wildman–Crippen MR) is 113 cm³/mol. The molecule has 0 aliphatic carbocycles. The molecule has 0 spiro atoms. The monoisotopic (exact) mass is 410 g/mol. The smallest absolute Gasteiger partial charge is 0.271 e. The van der Waals surface area contributed by atoms with Gasteiger partial charge in [-0.2, -0.15) is 0 Å². The molecule has 0 saturated carbocycles. The highest BCUT2D eigenvalue weighted by Gasteiger charge is 2.17. The van der Waals surface area contributed by atoms with E-state index in [2.05, 4.69) is 20.9 Å². The number of rotatable bonds is 7. The molecule has 0 aliphatic rings. The van der Waals surface area contributed by atoms with Crippen molar-refractivity contribution >= 4 is 39.8 Å². The van der Waals surface area contributed by atoms with Crippen molar-refractivity contribution in [3.05, 3.63) is 64.1 Å². The molecule has 0 fully saturated rings. The van der Waals surface area contributed by atoms with E-state index in [1.165, 1.54) is 11.3 Å². The lowest BCUT2D eigenvalue weighted by molar-refractivity contribution is -0.128. The van der Waals surface area contributed by atoms with E-state index in [9.17, 15) is 14.4 Å². The summed E-state index contributed by atoms with van der Waals surface area (Å²) in [6, 6.07) is 13.2. The van der Waals surface area contributed by atoms with Gasteiger partial charge in [-0.3, -0.25) is 14.4 Å². The third-order valence-electron chi connectivity index (χ3n) is 4.36. The molecule has 8 heteroatoms. The molecule has 1 aromatic heterocycles. The molecule has 0 aliphatic heterocycles. The first-order valence-electron chi connectivity index (χ1n) is 9.18. The van der Waals surface area contributed by atoms with Crippen LogP contribution in [0, 0.1) is 6.92 Å². The van der Waals surface area contributed by atoms with Crippen molar-refractivity contribution in [3.8, 4) is 0 Å². The summed E-state index contributed by atoms with van der Waals surface area (Å²) in [5, 5.41) is 12.5. The molecule has 1 heterocycles. The Morgan fingerprint density at radius 1 is 1.07 bits per heavy atom. The van der Waals surface area contributed by atoms with Gasteiger partial charge in [-0.25, -0.2) is 4.98 Å². The van der Waals surface area contributed by atoms with Crippen LogP contribution in [0.2, 0.25) is 0 Å². The number of fused-ring (bicyclic) bond motifs is 1. The maximum atomic E-state index is 12.3. The van der Waals surface area contributed by atoms with Crippen LogP contribution in [0.25, 0.3) is 10.8 Å². The minimum atomic E-state index is -0.726. The lowest BCUT2D eigenvalue weighted by atomic mass is 10.0. The summed E-state index contributed by atoms with van der Waals surface area (Å²) in [6.07, 6.45) is 0. The molecule has 0 bridgehead atoms. The number of nitrogens with zero attached hydrogens (tertiary/aromatic N) is 1. The fourth-order valence-corrected chi connectivity index (χ4v) is 3.45. The molecule has 3 N–H and O–H groups in total. The van der Waals surface area contributed by atoms with E-state index in [0.717, 1.165) is 21.3 Å². The van der Waals surface area contributed by atoms with E-state index in [-0.39, 0.29) is 18.1 Å². The maximum absolute atomic E-state index is 12.3. The Hall–Kier alpha value is -3.26. The second kappa shape index (κ2) is 9.29. The number of amides is 3. The number of thiazole rings is 1. The van der Waals surface area contributed by atoms with Crippen LogP contribution in [0.4, 0.5) is 0 Å². The normalized spacial score (nSPS) is 11.7. The standard InChI is InChI=1S/C21H22N4O3S/c1-13(24-19(26)11-23-21(28)18-12-29-14(2)25-18)20(27)22-10-16-8-5-7-15-6-3-4-9-17(15)16/h3-9,12-13H,10-11H2,1-2H3,(H,22,27)(H,23,28)(H,24,26). The number of carbonyl (C=O) groups is 3. The van der Waals surface area contributed by atoms with Gasteiger partial charge in [0.25, 0.3) is 5.91 Å². The number of nitrogens with one attached hydrogen (secondary N) is 3. The van der Waals surface area contributed by atoms with Gasteiger partial charge >= 0.3 is 0 Å². The molecule has 3 aromatic rings. The Morgan fingerprint density at radius 3 is 2.59 bits per heavy atom. The van der Waals surface area contributed by atoms with E-state index in [1.54, 1.807) is 19.2 Å². The van der Waals surface area contributed by atoms with E-state index >= 15 is 0 Å². The number of aryl methyl sites for hydroxylation is 1. The summed E-state index contributed by atoms with van der Waals surface area (Å²) >= 11 is 1.36. The SMILES string of the molecule is Cc1nc(C(=O)NCC(=O)NC(C)C(=O)NCc2cccc3ccccc23)cs1. The Balaban J connectivity index is 1.47. The number of hydrogen-bond acceptors (Lipinski definition) is 5. The Bertz CT molecular complexity index is 1040. The predicted octanol–water partition coefficient (Wildman–Crippen LogP) is 2.16. The Labute approximate surface area is 172 Å². The van der Waals surface area contributed by atoms with Crippen LogP contribution >= 0.6 is 11.3 Å². The highest BCUT2D eigenvalue weighted by molar-refractivity contribution is 7.09. The van der Waals surface area contributed by atoms with Gasteiger partial charge in [0.1, 0.15) is 11.7 Å². The summed E-state index contributed by atoms with van der Waals surface area (Å²) in [6.45, 7) is 3.53. The van der Waals surface area contributed by atoms with Crippen molar-refractivity contribution in [1.29, 1.82) is 0 Å². The van der Waals surface area contributed by atoms with Gasteiger partial charge in [-0.15, -0.1) is 11.3 Å². The molecule has 150 valence electrons. The zero-order valence-electron chi connectivity index (χ0n) is 16.2. The molecule has 1 atom stereocenters. The molecular weight excluding hydrogens is 388 g/mol. The van der Waals surface area contributed by atoms with Crippen LogP contribution in [0.5, 0.6) is 0 Å². The van der Waals surface area contributed by atoms with Crippen molar-refractivity contribution in [2.45, 2.75) is 26.4 Å². The molecule has 0 radical (unpaired) electrons. The van der Waals surface area contributed by atoms with Gasteiger partial charge < -0.3 is 16.0 Å². The molecule has 29 heavy (non-hydrogen) atoms. The topological polar surface area (TPSA) is 100 Å². The molecule has 3 amide bonds. The highest BCUT2D eigenvalue weighted by atomic mass is 32.1. The van der Waals surface area contributed by atoms with Crippen LogP contribution in [0.3, 0.4) is 0 Å². The zero-order valence-corrected chi connectivity index (χ0v) is 17.0. The molecule has 1 unspecified atom stereocenters. The zero-order chi connectivity index (χ0) is 20.8. The summed E-state index contributed by atoms with van der Waals surface area (Å²) in [4.78, 5) is 40.3. The largest absolute Gasteiger partial charge is 0.350 e. The first-order chi connectivity index (χ1) is 13.9. The molecule has 0 saturated heterocycles. The van der Waals surface area contributed by atoms with Crippen LogP contribution < -0.4 is 16.0 Å². The second-order valence-electron chi connectivity index (χ2n) is 6.58. The van der Waals surface area contributed by atoms with Crippen LogP contribution in [-0.4, -0.2) is 35.3 Å². The van der Waals surface area contributed by atoms with Gasteiger partial charge in [0.2, 0.25) is 11.8 Å². The third-order valence-corrected chi connectivity index (χ3v) is 5.14. The van der Waals surface area contributed by atoms with Crippen molar-refractivity contribution in [3.63, 3.8) is 0 Å². The van der Waals surface area contributed by atoms with Crippen LogP contribution in [0.1, 0.15) is 28.0 Å². The van der Waals surface area contributed by atoms with E-state index < -0.39 is 17.9 Å². The summed E-state index contributed by atoms with van der Waals surface area (Å²) in [5.41, 5.74) is 1.28. The summed E-state index contributed by atoms with van der Waals surface area (Å²) < 4.78 is 0. The fourth-order valence-electron chi connectivity index (χ4n) is 2.86. The number of carbonyl (C=O) groups excluding carboxylic acids is 3. The van der Waals surface area contributed by atoms with Crippen molar-refractivity contribution in [2.75, 3.05) is 6.54 Å². The average molecular weight is 410 g/mol. The van der Waals surface area contributed by atoms with Crippen molar-refractivity contribution in [2.24, 2.45) is 0 Å². The first kappa shape index (κ1) is 20.5. The van der Waals surface area contributed by atoms with Crippen LogP contribution in [0.15, 0.2) is 47.8 Å². The second-order valence-corrected chi connectivity index (χ2v) is 7.64. The number of hydrogen-bond donors (Lipinski definition) is 3. The maximum Gasteiger partial charge on any atom is 0.271 e. The summed E-state index contributed by atoms with van der Waals surface area (Å²) in [7, 11) is 0. The van der Waals surface area contributed by atoms with Gasteiger partial charge in [-0.05, 0) is 30.2 Å². The van der Waals surface area contributed by atoms with Gasteiger partial charge in [0.15, 0.2) is 0 Å². The highest BCUT2D eigenvalue weighted by Crippen LogP contribution is 2.18. The quantitative estimate of drug-likeness (QED) is 0.556. The third kappa shape index (κ3) is 5.39. The van der Waals surface area contributed by atoms with Crippen LogP contribution in [-0.2, 0) is 16.1 Å². The lowest BCUT2D eigenvalue weighted by Crippen LogP contribution is -2.47. The van der Waals surface area contributed by atoms with Crippen molar-refractivity contribution < 1.29 is 14.4 Å². The number of benzene rings is 2. The number of aromatic nitrogens is 1. The first-order valence-corrected chi connectivity index (χ1v) is 10.1. The van der Waals surface area contributed by atoms with Crippen molar-refractivity contribution in [1.82, 2.24) is 20.9 Å². The Morgan fingerprint density at radius 2 is 1.83 bits per heavy atom. The average Bonchev–Trinajstić information content (AvgIpc) is 3.16. The van der Waals surface area contributed by atoms with E-state index in [1.807, 2.05) is 42.5 Å². The summed E-state index contributed by atoms with van der Waals surface area (Å²) in [5.74, 6) is -1.16. The minimum absolute atomic E-state index is 0.226. The molecule has 3 rings (SSSR count). The van der Waals surface area contributed by atoms with Gasteiger partial charge in [-0.1, -0.05) is 42.5 Å². The van der Waals surface area contributed by atoms with Gasteiger partial charge in [0, 0.05) is 11.9 Å². The lowest BCUT2D eigenvalue weighted by Gasteiger charge is -2.15. The van der Waals surface area contributed by atoms with Gasteiger partial charge in [0.05, 0.1) is 11.6 Å². The Kier molecular flexibility index (Phi) is 6.56. The van der Waals surface area contributed by atoms with E-state index in [0.29, 0.717) is 6.54 Å². The molecule has 2 aromatic carbocycles. The molecular formula is C21H22N4O3S. The van der Waals surface area contributed by atoms with E-state index in [4.69, 9.17) is 0 Å². The minimum Gasteiger partial charge on any atom is -0.350 e. The molecule has 7 nitrogen and oxygen atoms in total.